The lowest BCUT2D eigenvalue weighted by Crippen LogP contribution is -3.12. The Balaban J connectivity index is 1.73. The first-order valence-corrected chi connectivity index (χ1v) is 9.79. The summed E-state index contributed by atoms with van der Waals surface area (Å²) in [4.78, 5) is 15.8. The number of anilines is 1. The number of nitrogens with zero attached hydrogens (tertiary/aromatic N) is 2. The molecular formula is C16H24N3O3S+. The monoisotopic (exact) mass is 338 g/mol. The van der Waals surface area contributed by atoms with Gasteiger partial charge in [0, 0.05) is 12.1 Å². The molecule has 0 atom stereocenters. The van der Waals surface area contributed by atoms with Crippen LogP contribution in [-0.2, 0) is 10.0 Å². The average molecular weight is 338 g/mol. The molecule has 2 heterocycles. The summed E-state index contributed by atoms with van der Waals surface area (Å²) in [6.45, 7) is 4.00. The first-order chi connectivity index (χ1) is 11.0. The van der Waals surface area contributed by atoms with Crippen LogP contribution in [0.2, 0.25) is 0 Å². The van der Waals surface area contributed by atoms with Gasteiger partial charge in [-0.25, -0.2) is 8.42 Å². The predicted molar refractivity (Wildman–Crippen MR) is 89.3 cm³/mol. The molecule has 1 amide bonds. The molecule has 0 spiro atoms. The summed E-state index contributed by atoms with van der Waals surface area (Å²) in [5.41, 5.74) is 1.28. The van der Waals surface area contributed by atoms with Crippen molar-refractivity contribution in [1.29, 1.82) is 0 Å². The van der Waals surface area contributed by atoms with Crippen LogP contribution in [-0.4, -0.2) is 64.7 Å². The third-order valence-electron chi connectivity index (χ3n) is 4.66. The summed E-state index contributed by atoms with van der Waals surface area (Å²) in [5.74, 6) is 0.239. The average Bonchev–Trinajstić information content (AvgIpc) is 2.55. The molecule has 1 N–H and O–H groups in total. The van der Waals surface area contributed by atoms with E-state index in [1.54, 1.807) is 24.3 Å². The molecule has 0 radical (unpaired) electrons. The number of piperazine rings is 1. The Bertz CT molecular complexity index is 664. The first-order valence-electron chi connectivity index (χ1n) is 8.18. The molecule has 23 heavy (non-hydrogen) atoms. The maximum atomic E-state index is 12.5. The van der Waals surface area contributed by atoms with Crippen molar-refractivity contribution in [2.75, 3.05) is 49.8 Å². The molecule has 126 valence electrons. The van der Waals surface area contributed by atoms with E-state index in [1.807, 2.05) is 4.90 Å². The Morgan fingerprint density at radius 3 is 2.30 bits per heavy atom. The van der Waals surface area contributed by atoms with E-state index in [0.717, 1.165) is 39.0 Å². The van der Waals surface area contributed by atoms with Crippen molar-refractivity contribution in [2.24, 2.45) is 0 Å². The molecule has 1 aromatic rings. The lowest BCUT2D eigenvalue weighted by Gasteiger charge is -2.30. The first kappa shape index (κ1) is 16.3. The largest absolute Gasteiger partial charge is 0.334 e. The summed E-state index contributed by atoms with van der Waals surface area (Å²) in [6, 6.07) is 6.98. The molecule has 3 rings (SSSR count). The van der Waals surface area contributed by atoms with E-state index in [9.17, 15) is 13.2 Å². The highest BCUT2D eigenvalue weighted by Crippen LogP contribution is 2.24. The number of carbonyl (C=O) groups is 1. The van der Waals surface area contributed by atoms with Gasteiger partial charge in [-0.2, -0.15) is 0 Å². The van der Waals surface area contributed by atoms with E-state index in [2.05, 4.69) is 7.05 Å². The third-order valence-corrected chi connectivity index (χ3v) is 6.53. The fourth-order valence-corrected chi connectivity index (χ4v) is 4.76. The van der Waals surface area contributed by atoms with Gasteiger partial charge in [0.25, 0.3) is 5.91 Å². The number of nitrogens with one attached hydrogen (secondary N) is 1. The van der Waals surface area contributed by atoms with Gasteiger partial charge in [0.05, 0.1) is 44.7 Å². The number of carbonyl (C=O) groups excluding carboxylic acids is 1. The molecule has 0 unspecified atom stereocenters. The third kappa shape index (κ3) is 3.50. The van der Waals surface area contributed by atoms with Crippen LogP contribution < -0.4 is 9.21 Å². The Hall–Kier alpha value is -1.60. The van der Waals surface area contributed by atoms with Gasteiger partial charge >= 0.3 is 0 Å². The number of rotatable bonds is 2. The SMILES string of the molecule is C[NH+]1CCN(C(=O)c2ccc(N3CCCCS3(=O)=O)cc2)CC1. The van der Waals surface area contributed by atoms with Gasteiger partial charge in [0.15, 0.2) is 0 Å². The van der Waals surface area contributed by atoms with Crippen LogP contribution in [0.15, 0.2) is 24.3 Å². The maximum absolute atomic E-state index is 12.5. The van der Waals surface area contributed by atoms with Gasteiger partial charge in [0.1, 0.15) is 0 Å². The molecule has 2 fully saturated rings. The molecule has 0 aliphatic carbocycles. The second-order valence-electron chi connectivity index (χ2n) is 6.39. The van der Waals surface area contributed by atoms with E-state index in [-0.39, 0.29) is 11.7 Å². The number of sulfonamides is 1. The van der Waals surface area contributed by atoms with E-state index in [4.69, 9.17) is 0 Å². The quantitative estimate of drug-likeness (QED) is 0.797. The van der Waals surface area contributed by atoms with Gasteiger partial charge in [-0.3, -0.25) is 9.10 Å². The van der Waals surface area contributed by atoms with Crippen LogP contribution in [0.25, 0.3) is 0 Å². The van der Waals surface area contributed by atoms with Gasteiger partial charge in [-0.1, -0.05) is 0 Å². The summed E-state index contributed by atoms with van der Waals surface area (Å²) < 4.78 is 25.7. The second kappa shape index (κ2) is 6.49. The summed E-state index contributed by atoms with van der Waals surface area (Å²) in [6.07, 6.45) is 1.60. The van der Waals surface area contributed by atoms with Gasteiger partial charge < -0.3 is 9.80 Å². The summed E-state index contributed by atoms with van der Waals surface area (Å²) in [5, 5.41) is 0. The molecule has 7 heteroatoms. The number of quaternary nitrogens is 1. The number of amides is 1. The van der Waals surface area contributed by atoms with E-state index in [0.29, 0.717) is 17.8 Å². The molecule has 1 aromatic carbocycles. The molecule has 6 nitrogen and oxygen atoms in total. The van der Waals surface area contributed by atoms with Gasteiger partial charge in [0.2, 0.25) is 10.0 Å². The summed E-state index contributed by atoms with van der Waals surface area (Å²) in [7, 11) is -1.07. The molecular weight excluding hydrogens is 314 g/mol. The fourth-order valence-electron chi connectivity index (χ4n) is 3.12. The Morgan fingerprint density at radius 2 is 1.70 bits per heavy atom. The number of hydrogen-bond acceptors (Lipinski definition) is 3. The zero-order chi connectivity index (χ0) is 16.4. The van der Waals surface area contributed by atoms with E-state index in [1.165, 1.54) is 9.21 Å². The molecule has 0 aromatic heterocycles. The minimum atomic E-state index is -3.20. The minimum Gasteiger partial charge on any atom is -0.334 e. The van der Waals surface area contributed by atoms with E-state index >= 15 is 0 Å². The zero-order valence-corrected chi connectivity index (χ0v) is 14.3. The normalized spacial score (nSPS) is 22.1. The van der Waals surface area contributed by atoms with Crippen molar-refractivity contribution >= 4 is 21.6 Å². The van der Waals surface area contributed by atoms with Crippen LogP contribution >= 0.6 is 0 Å². The number of benzene rings is 1. The highest BCUT2D eigenvalue weighted by Gasteiger charge is 2.27. The zero-order valence-electron chi connectivity index (χ0n) is 13.5. The van der Waals surface area contributed by atoms with Crippen molar-refractivity contribution in [2.45, 2.75) is 12.8 Å². The minimum absolute atomic E-state index is 0.0329. The molecule has 2 aliphatic rings. The molecule has 2 aliphatic heterocycles. The molecule has 2 saturated heterocycles. The van der Waals surface area contributed by atoms with Gasteiger partial charge in [-0.05, 0) is 37.1 Å². The number of likely N-dealkylation sites (N-methyl/N-ethyl adjacent to an activating group) is 1. The Labute approximate surface area is 137 Å². The van der Waals surface area contributed by atoms with Crippen LogP contribution in [0.4, 0.5) is 5.69 Å². The Morgan fingerprint density at radius 1 is 1.04 bits per heavy atom. The standard InChI is InChI=1S/C16H23N3O3S/c1-17-9-11-18(12-10-17)16(20)14-4-6-15(7-5-14)19-8-2-3-13-23(19,21)22/h4-7H,2-3,8-13H2,1H3/p+1. The van der Waals surface area contributed by atoms with Crippen LogP contribution in [0.5, 0.6) is 0 Å². The van der Waals surface area contributed by atoms with Crippen LogP contribution in [0.3, 0.4) is 0 Å². The molecule has 0 bridgehead atoms. The van der Waals surface area contributed by atoms with E-state index < -0.39 is 10.0 Å². The maximum Gasteiger partial charge on any atom is 0.254 e. The van der Waals surface area contributed by atoms with Crippen molar-refractivity contribution in [3.8, 4) is 0 Å². The van der Waals surface area contributed by atoms with Crippen molar-refractivity contribution < 1.29 is 18.1 Å². The number of hydrogen-bond donors (Lipinski definition) is 1. The van der Waals surface area contributed by atoms with Crippen molar-refractivity contribution in [3.63, 3.8) is 0 Å². The van der Waals surface area contributed by atoms with Crippen LogP contribution in [0, 0.1) is 0 Å². The lowest BCUT2D eigenvalue weighted by atomic mass is 10.1. The highest BCUT2D eigenvalue weighted by atomic mass is 32.2. The highest BCUT2D eigenvalue weighted by molar-refractivity contribution is 7.92. The Kier molecular flexibility index (Phi) is 4.59. The van der Waals surface area contributed by atoms with Gasteiger partial charge in [-0.15, -0.1) is 0 Å². The lowest BCUT2D eigenvalue weighted by molar-refractivity contribution is -0.883. The molecule has 0 saturated carbocycles. The fraction of sp³-hybridized carbons (Fsp3) is 0.562. The smallest absolute Gasteiger partial charge is 0.254 e. The predicted octanol–water partition coefficient (Wildman–Crippen LogP) is -0.413. The second-order valence-corrected chi connectivity index (χ2v) is 8.40. The van der Waals surface area contributed by atoms with Crippen molar-refractivity contribution in [1.82, 2.24) is 4.90 Å². The van der Waals surface area contributed by atoms with Crippen molar-refractivity contribution in [3.05, 3.63) is 29.8 Å². The van der Waals surface area contributed by atoms with Crippen LogP contribution in [0.1, 0.15) is 23.2 Å². The topological polar surface area (TPSA) is 62.1 Å². The summed E-state index contributed by atoms with van der Waals surface area (Å²) >= 11 is 0.